The van der Waals surface area contributed by atoms with Gasteiger partial charge in [0, 0.05) is 12.1 Å². The van der Waals surface area contributed by atoms with Crippen molar-refractivity contribution < 1.29 is 9.53 Å². The van der Waals surface area contributed by atoms with Crippen molar-refractivity contribution in [3.63, 3.8) is 0 Å². The number of rotatable bonds is 6. The first-order valence-electron chi connectivity index (χ1n) is 9.28. The van der Waals surface area contributed by atoms with Crippen LogP contribution in [0.1, 0.15) is 90.4 Å². The second-order valence-electron chi connectivity index (χ2n) is 6.81. The van der Waals surface area contributed by atoms with E-state index in [1.165, 1.54) is 70.6 Å². The third-order valence-electron chi connectivity index (χ3n) is 5.12. The number of carbonyl (C=O) groups excluding carboxylic acids is 1. The van der Waals surface area contributed by atoms with Crippen LogP contribution in [0.3, 0.4) is 0 Å². The maximum absolute atomic E-state index is 12.6. The summed E-state index contributed by atoms with van der Waals surface area (Å²) in [4.78, 5) is 14.8. The van der Waals surface area contributed by atoms with Crippen LogP contribution in [-0.4, -0.2) is 29.7 Å². The summed E-state index contributed by atoms with van der Waals surface area (Å²) in [6.45, 7) is 2.78. The molecule has 21 heavy (non-hydrogen) atoms. The smallest absolute Gasteiger partial charge is 0.410 e. The highest BCUT2D eigenvalue weighted by molar-refractivity contribution is 5.68. The van der Waals surface area contributed by atoms with Gasteiger partial charge in [-0.1, -0.05) is 58.3 Å². The monoisotopic (exact) mass is 295 g/mol. The number of nitrogens with zero attached hydrogens (tertiary/aromatic N) is 1. The Bertz CT molecular complexity index is 276. The predicted octanol–water partition coefficient (Wildman–Crippen LogP) is 5.28. The van der Waals surface area contributed by atoms with Crippen molar-refractivity contribution in [3.05, 3.63) is 0 Å². The maximum Gasteiger partial charge on any atom is 0.410 e. The minimum atomic E-state index is -0.0232. The highest BCUT2D eigenvalue weighted by Gasteiger charge is 2.33. The average Bonchev–Trinajstić information content (AvgIpc) is 2.54. The van der Waals surface area contributed by atoms with Crippen molar-refractivity contribution in [2.75, 3.05) is 6.61 Å². The van der Waals surface area contributed by atoms with Crippen LogP contribution < -0.4 is 0 Å². The minimum Gasteiger partial charge on any atom is -0.449 e. The molecular formula is C18H33NO2. The standard InChI is InChI=1S/C18H33NO2/c1-2-3-10-15-21-18(20)19(16-11-6-4-7-12-16)17-13-8-5-9-14-17/h16-17H,2-15H2,1H3. The quantitative estimate of drug-likeness (QED) is 0.624. The summed E-state index contributed by atoms with van der Waals surface area (Å²) in [7, 11) is 0. The van der Waals surface area contributed by atoms with Crippen molar-refractivity contribution in [3.8, 4) is 0 Å². The second-order valence-corrected chi connectivity index (χ2v) is 6.81. The number of ether oxygens (including phenoxy) is 1. The normalized spacial score (nSPS) is 21.2. The van der Waals surface area contributed by atoms with Gasteiger partial charge < -0.3 is 9.64 Å². The molecule has 0 N–H and O–H groups in total. The Morgan fingerprint density at radius 3 is 1.90 bits per heavy atom. The molecule has 0 radical (unpaired) electrons. The Labute approximate surface area is 130 Å². The third kappa shape index (κ3) is 5.19. The number of hydrogen-bond donors (Lipinski definition) is 0. The lowest BCUT2D eigenvalue weighted by Crippen LogP contribution is -2.49. The van der Waals surface area contributed by atoms with Crippen LogP contribution in [0.4, 0.5) is 4.79 Å². The molecule has 0 unspecified atom stereocenters. The van der Waals surface area contributed by atoms with Crippen LogP contribution in [0.2, 0.25) is 0 Å². The topological polar surface area (TPSA) is 29.5 Å². The molecule has 3 nitrogen and oxygen atoms in total. The molecular weight excluding hydrogens is 262 g/mol. The van der Waals surface area contributed by atoms with Gasteiger partial charge in [-0.15, -0.1) is 0 Å². The van der Waals surface area contributed by atoms with E-state index in [2.05, 4.69) is 11.8 Å². The van der Waals surface area contributed by atoms with E-state index in [1.807, 2.05) is 0 Å². The van der Waals surface area contributed by atoms with Gasteiger partial charge in [-0.05, 0) is 32.1 Å². The molecule has 2 aliphatic rings. The second kappa shape index (κ2) is 9.32. The summed E-state index contributed by atoms with van der Waals surface area (Å²) in [6, 6.07) is 0.890. The number of carbonyl (C=O) groups is 1. The van der Waals surface area contributed by atoms with Crippen LogP contribution in [0, 0.1) is 0 Å². The molecule has 0 aliphatic heterocycles. The summed E-state index contributed by atoms with van der Waals surface area (Å²) in [5, 5.41) is 0. The van der Waals surface area contributed by atoms with Gasteiger partial charge in [0.15, 0.2) is 0 Å². The first kappa shape index (κ1) is 16.6. The van der Waals surface area contributed by atoms with E-state index in [-0.39, 0.29) is 6.09 Å². The van der Waals surface area contributed by atoms with Crippen molar-refractivity contribution in [1.29, 1.82) is 0 Å². The maximum atomic E-state index is 12.6. The van der Waals surface area contributed by atoms with Crippen molar-refractivity contribution in [1.82, 2.24) is 4.90 Å². The molecule has 0 atom stereocenters. The van der Waals surface area contributed by atoms with Crippen LogP contribution in [0.25, 0.3) is 0 Å². The van der Waals surface area contributed by atoms with Crippen molar-refractivity contribution in [2.24, 2.45) is 0 Å². The largest absolute Gasteiger partial charge is 0.449 e. The van der Waals surface area contributed by atoms with Gasteiger partial charge in [-0.3, -0.25) is 0 Å². The summed E-state index contributed by atoms with van der Waals surface area (Å²) in [6.07, 6.45) is 15.8. The third-order valence-corrected chi connectivity index (χ3v) is 5.12. The van der Waals surface area contributed by atoms with Crippen LogP contribution >= 0.6 is 0 Å². The van der Waals surface area contributed by atoms with E-state index in [0.29, 0.717) is 18.7 Å². The summed E-state index contributed by atoms with van der Waals surface area (Å²) < 4.78 is 5.60. The SMILES string of the molecule is CCCCCOC(=O)N(C1CCCCC1)C1CCCCC1. The van der Waals surface area contributed by atoms with Gasteiger partial charge in [0.1, 0.15) is 0 Å². The molecule has 0 aromatic rings. The van der Waals surface area contributed by atoms with E-state index in [0.717, 1.165) is 12.8 Å². The fraction of sp³-hybridized carbons (Fsp3) is 0.944. The van der Waals surface area contributed by atoms with E-state index < -0.39 is 0 Å². The summed E-state index contributed by atoms with van der Waals surface area (Å²) in [5.41, 5.74) is 0. The Hall–Kier alpha value is -0.730. The van der Waals surface area contributed by atoms with Crippen LogP contribution in [0.5, 0.6) is 0 Å². The molecule has 3 heteroatoms. The Balaban J connectivity index is 1.91. The molecule has 0 saturated heterocycles. The van der Waals surface area contributed by atoms with Gasteiger partial charge in [0.05, 0.1) is 6.61 Å². The van der Waals surface area contributed by atoms with Gasteiger partial charge >= 0.3 is 6.09 Å². The van der Waals surface area contributed by atoms with E-state index >= 15 is 0 Å². The minimum absolute atomic E-state index is 0.0232. The lowest BCUT2D eigenvalue weighted by Gasteiger charge is -2.40. The first-order chi connectivity index (χ1) is 10.3. The van der Waals surface area contributed by atoms with Gasteiger partial charge in [-0.25, -0.2) is 4.79 Å². The molecule has 2 aliphatic carbocycles. The lowest BCUT2D eigenvalue weighted by atomic mass is 9.89. The first-order valence-corrected chi connectivity index (χ1v) is 9.28. The Kier molecular flexibility index (Phi) is 7.38. The zero-order valence-electron chi connectivity index (χ0n) is 13.8. The zero-order valence-corrected chi connectivity index (χ0v) is 13.8. The molecule has 0 bridgehead atoms. The Morgan fingerprint density at radius 1 is 0.905 bits per heavy atom. The molecule has 0 spiro atoms. The molecule has 2 fully saturated rings. The highest BCUT2D eigenvalue weighted by Crippen LogP contribution is 2.30. The van der Waals surface area contributed by atoms with Crippen molar-refractivity contribution in [2.45, 2.75) is 102 Å². The zero-order chi connectivity index (χ0) is 14.9. The number of unbranched alkanes of at least 4 members (excludes halogenated alkanes) is 2. The molecule has 122 valence electrons. The van der Waals surface area contributed by atoms with Gasteiger partial charge in [0.25, 0.3) is 0 Å². The predicted molar refractivity (Wildman–Crippen MR) is 86.5 cm³/mol. The molecule has 0 aromatic heterocycles. The molecule has 1 amide bonds. The van der Waals surface area contributed by atoms with E-state index in [4.69, 9.17) is 4.74 Å². The van der Waals surface area contributed by atoms with E-state index in [9.17, 15) is 4.79 Å². The average molecular weight is 295 g/mol. The number of amides is 1. The Morgan fingerprint density at radius 2 is 1.43 bits per heavy atom. The lowest BCUT2D eigenvalue weighted by molar-refractivity contribution is 0.0448. The van der Waals surface area contributed by atoms with Gasteiger partial charge in [-0.2, -0.15) is 0 Å². The molecule has 2 saturated carbocycles. The van der Waals surface area contributed by atoms with Crippen LogP contribution in [0.15, 0.2) is 0 Å². The molecule has 0 heterocycles. The van der Waals surface area contributed by atoms with E-state index in [1.54, 1.807) is 0 Å². The highest BCUT2D eigenvalue weighted by atomic mass is 16.6. The van der Waals surface area contributed by atoms with Gasteiger partial charge in [0.2, 0.25) is 0 Å². The molecule has 2 rings (SSSR count). The van der Waals surface area contributed by atoms with Crippen molar-refractivity contribution >= 4 is 6.09 Å². The fourth-order valence-electron chi connectivity index (χ4n) is 3.90. The summed E-state index contributed by atoms with van der Waals surface area (Å²) in [5.74, 6) is 0. The van der Waals surface area contributed by atoms with Crippen LogP contribution in [-0.2, 0) is 4.74 Å². The number of hydrogen-bond acceptors (Lipinski definition) is 2. The fourth-order valence-corrected chi connectivity index (χ4v) is 3.90. The summed E-state index contributed by atoms with van der Waals surface area (Å²) >= 11 is 0. The molecule has 0 aromatic carbocycles.